The van der Waals surface area contributed by atoms with Crippen LogP contribution in [0.1, 0.15) is 6.92 Å². The first-order valence-electron chi connectivity index (χ1n) is 3.38. The van der Waals surface area contributed by atoms with Gasteiger partial charge in [0.1, 0.15) is 0 Å². The lowest BCUT2D eigenvalue weighted by molar-refractivity contribution is -0.143. The fourth-order valence-corrected chi connectivity index (χ4v) is 0.475. The van der Waals surface area contributed by atoms with Crippen LogP contribution in [0.15, 0.2) is 11.6 Å². The Morgan fingerprint density at radius 3 is 2.38 bits per heavy atom. The minimum atomic E-state index is -1.67. The molecule has 13 heavy (non-hydrogen) atoms. The summed E-state index contributed by atoms with van der Waals surface area (Å²) in [4.78, 5) is 21.1. The fourth-order valence-electron chi connectivity index (χ4n) is 0.475. The van der Waals surface area contributed by atoms with Gasteiger partial charge in [0.2, 0.25) is 5.76 Å². The minimum absolute atomic E-state index is 0.0304. The second kappa shape index (κ2) is 5.18. The SMILES string of the molecule is BOC(=O)/C(F)=C(\O)C(=O)OCC. The molecule has 0 aliphatic rings. The number of ether oxygens (including phenoxy) is 1. The molecule has 0 aliphatic carbocycles. The van der Waals surface area contributed by atoms with Crippen LogP contribution in [0.5, 0.6) is 0 Å². The van der Waals surface area contributed by atoms with Gasteiger partial charge in [0.25, 0.3) is 5.83 Å². The van der Waals surface area contributed by atoms with E-state index in [1.165, 1.54) is 6.92 Å². The summed E-state index contributed by atoms with van der Waals surface area (Å²) in [6.45, 7) is 1.44. The van der Waals surface area contributed by atoms with Gasteiger partial charge >= 0.3 is 20.0 Å². The Kier molecular flexibility index (Phi) is 4.57. The Morgan fingerprint density at radius 1 is 1.46 bits per heavy atom. The van der Waals surface area contributed by atoms with Crippen molar-refractivity contribution in [2.75, 3.05) is 6.61 Å². The highest BCUT2D eigenvalue weighted by atomic mass is 19.1. The Morgan fingerprint density at radius 2 is 2.00 bits per heavy atom. The van der Waals surface area contributed by atoms with Gasteiger partial charge in [0, 0.05) is 0 Å². The van der Waals surface area contributed by atoms with Crippen LogP contribution in [0.2, 0.25) is 0 Å². The van der Waals surface area contributed by atoms with E-state index in [-0.39, 0.29) is 6.61 Å². The molecule has 5 nitrogen and oxygen atoms in total. The van der Waals surface area contributed by atoms with E-state index >= 15 is 0 Å². The third-order valence-electron chi connectivity index (χ3n) is 1.04. The molecule has 0 spiro atoms. The van der Waals surface area contributed by atoms with E-state index in [0.29, 0.717) is 0 Å². The van der Waals surface area contributed by atoms with Gasteiger partial charge in [0.15, 0.2) is 0 Å². The van der Waals surface area contributed by atoms with Crippen LogP contribution in [0.4, 0.5) is 4.39 Å². The topological polar surface area (TPSA) is 72.8 Å². The van der Waals surface area contributed by atoms with Crippen LogP contribution in [-0.2, 0) is 19.0 Å². The summed E-state index contributed by atoms with van der Waals surface area (Å²) in [7, 11) is 0.917. The van der Waals surface area contributed by atoms with Gasteiger partial charge in [-0.1, -0.05) is 0 Å². The van der Waals surface area contributed by atoms with Crippen molar-refractivity contribution in [3.63, 3.8) is 0 Å². The maximum Gasteiger partial charge on any atom is 0.376 e. The van der Waals surface area contributed by atoms with Crippen LogP contribution in [-0.4, -0.2) is 31.7 Å². The molecule has 1 N–H and O–H groups in total. The molecular formula is C6H8BFO5. The number of aliphatic hydroxyl groups is 1. The molecule has 0 saturated heterocycles. The molecule has 0 aromatic carbocycles. The molecule has 0 aliphatic heterocycles. The Bertz CT molecular complexity index is 249. The molecule has 0 atom stereocenters. The van der Waals surface area contributed by atoms with Crippen molar-refractivity contribution in [3.8, 4) is 0 Å². The monoisotopic (exact) mass is 190 g/mol. The van der Waals surface area contributed by atoms with Gasteiger partial charge in [0.05, 0.1) is 6.61 Å². The summed E-state index contributed by atoms with van der Waals surface area (Å²) in [5.74, 6) is -5.77. The van der Waals surface area contributed by atoms with E-state index in [1.54, 1.807) is 0 Å². The summed E-state index contributed by atoms with van der Waals surface area (Å²) < 4.78 is 20.8. The van der Waals surface area contributed by atoms with Crippen molar-refractivity contribution < 1.29 is 28.5 Å². The van der Waals surface area contributed by atoms with Crippen molar-refractivity contribution in [2.45, 2.75) is 6.92 Å². The summed E-state index contributed by atoms with van der Waals surface area (Å²) in [6, 6.07) is 0. The predicted molar refractivity (Wildman–Crippen MR) is 42.0 cm³/mol. The lowest BCUT2D eigenvalue weighted by Crippen LogP contribution is -2.13. The Labute approximate surface area is 74.6 Å². The zero-order valence-corrected chi connectivity index (χ0v) is 7.17. The van der Waals surface area contributed by atoms with E-state index in [9.17, 15) is 14.0 Å². The average Bonchev–Trinajstić information content (AvgIpc) is 2.14. The smallest absolute Gasteiger partial charge is 0.376 e. The maximum absolute atomic E-state index is 12.6. The summed E-state index contributed by atoms with van der Waals surface area (Å²) in [6.07, 6.45) is 0. The molecule has 0 aromatic rings. The molecule has 72 valence electrons. The standard InChI is InChI=1S/C6H8BFO5/c1-2-12-6(11)4(9)3(8)5(10)13-7/h9H,2,7H2,1H3/b4-3+. The molecule has 0 saturated carbocycles. The molecule has 7 heteroatoms. The third kappa shape index (κ3) is 3.14. The normalized spacial score (nSPS) is 11.5. The number of hydrogen-bond donors (Lipinski definition) is 1. The first-order chi connectivity index (χ1) is 6.04. The first-order valence-corrected chi connectivity index (χ1v) is 3.38. The number of halogens is 1. The van der Waals surface area contributed by atoms with E-state index in [2.05, 4.69) is 9.39 Å². The van der Waals surface area contributed by atoms with Crippen molar-refractivity contribution in [2.24, 2.45) is 0 Å². The van der Waals surface area contributed by atoms with E-state index in [0.717, 1.165) is 8.05 Å². The van der Waals surface area contributed by atoms with E-state index in [1.807, 2.05) is 0 Å². The number of hydrogen-bond acceptors (Lipinski definition) is 5. The van der Waals surface area contributed by atoms with Crippen molar-refractivity contribution >= 4 is 20.0 Å². The third-order valence-corrected chi connectivity index (χ3v) is 1.04. The van der Waals surface area contributed by atoms with Gasteiger partial charge in [-0.25, -0.2) is 9.59 Å². The van der Waals surface area contributed by atoms with Crippen LogP contribution >= 0.6 is 0 Å². The molecule has 0 aromatic heterocycles. The second-order valence-corrected chi connectivity index (χ2v) is 1.87. The summed E-state index contributed by atoms with van der Waals surface area (Å²) >= 11 is 0. The van der Waals surface area contributed by atoms with Crippen molar-refractivity contribution in [1.29, 1.82) is 0 Å². The second-order valence-electron chi connectivity index (χ2n) is 1.87. The van der Waals surface area contributed by atoms with Crippen molar-refractivity contribution in [1.82, 2.24) is 0 Å². The van der Waals surface area contributed by atoms with Gasteiger partial charge < -0.3 is 14.5 Å². The quantitative estimate of drug-likeness (QED) is 0.278. The summed E-state index contributed by atoms with van der Waals surface area (Å²) in [5.41, 5.74) is 0. The maximum atomic E-state index is 12.6. The Hall–Kier alpha value is -1.53. The number of esters is 1. The molecule has 0 heterocycles. The lowest BCUT2D eigenvalue weighted by Gasteiger charge is -2.01. The minimum Gasteiger partial charge on any atom is -0.538 e. The molecular weight excluding hydrogens is 182 g/mol. The number of carbonyl (C=O) groups is 2. The van der Waals surface area contributed by atoms with Crippen molar-refractivity contribution in [3.05, 3.63) is 11.6 Å². The highest BCUT2D eigenvalue weighted by molar-refractivity contribution is 6.10. The molecule has 0 rings (SSSR count). The van der Waals surface area contributed by atoms with Crippen LogP contribution in [0.3, 0.4) is 0 Å². The van der Waals surface area contributed by atoms with Gasteiger partial charge in [-0.15, -0.1) is 0 Å². The van der Waals surface area contributed by atoms with Crippen LogP contribution in [0, 0.1) is 0 Å². The number of rotatable bonds is 3. The van der Waals surface area contributed by atoms with E-state index in [4.69, 9.17) is 5.11 Å². The van der Waals surface area contributed by atoms with Gasteiger partial charge in [-0.2, -0.15) is 4.39 Å². The summed E-state index contributed by atoms with van der Waals surface area (Å²) in [5, 5.41) is 8.75. The van der Waals surface area contributed by atoms with Crippen LogP contribution < -0.4 is 0 Å². The van der Waals surface area contributed by atoms with E-state index < -0.39 is 23.5 Å². The predicted octanol–water partition coefficient (Wildman–Crippen LogP) is -0.620. The Balaban J connectivity index is 4.60. The largest absolute Gasteiger partial charge is 0.538 e. The molecule has 0 unspecified atom stereocenters. The zero-order chi connectivity index (χ0) is 10.4. The molecule has 0 radical (unpaired) electrons. The number of carbonyl (C=O) groups excluding carboxylic acids is 2. The molecule has 0 amide bonds. The molecule has 0 bridgehead atoms. The average molecular weight is 190 g/mol. The highest BCUT2D eigenvalue weighted by Crippen LogP contribution is 2.06. The zero-order valence-electron chi connectivity index (χ0n) is 7.17. The first kappa shape index (κ1) is 11.5. The number of aliphatic hydroxyl groups excluding tert-OH is 1. The fraction of sp³-hybridized carbons (Fsp3) is 0.333. The lowest BCUT2D eigenvalue weighted by atomic mass is 10.4. The molecule has 0 fully saturated rings. The van der Waals surface area contributed by atoms with Gasteiger partial charge in [-0.05, 0) is 6.92 Å². The van der Waals surface area contributed by atoms with Crippen LogP contribution in [0.25, 0.3) is 0 Å². The van der Waals surface area contributed by atoms with Gasteiger partial charge in [-0.3, -0.25) is 0 Å². The highest BCUT2D eigenvalue weighted by Gasteiger charge is 2.21.